The van der Waals surface area contributed by atoms with Crippen molar-refractivity contribution in [1.82, 2.24) is 10.2 Å². The number of aryl methyl sites for hydroxylation is 1. The fourth-order valence-corrected chi connectivity index (χ4v) is 4.42. The lowest BCUT2D eigenvalue weighted by Crippen LogP contribution is -2.51. The summed E-state index contributed by atoms with van der Waals surface area (Å²) in [5.41, 5.74) is 2.01. The Morgan fingerprint density at radius 1 is 1.09 bits per heavy atom. The second kappa shape index (κ2) is 12.4. The van der Waals surface area contributed by atoms with Crippen molar-refractivity contribution in [2.75, 3.05) is 37.9 Å². The standard InChI is InChI=1S/C25H35N3O6S/c1-7-13-26-25(30)19(3)27(16-20-10-8-9-18(2)14-20)24(29)17-28(35(6,31)32)22-15-21(33-4)11-12-23(22)34-5/h8-12,14-15,19H,7,13,16-17H2,1-6H3,(H,26,30)/t19-/m1/s1. The fraction of sp³-hybridized carbons (Fsp3) is 0.440. The van der Waals surface area contributed by atoms with Crippen molar-refractivity contribution in [2.24, 2.45) is 0 Å². The Bertz CT molecular complexity index is 1140. The minimum Gasteiger partial charge on any atom is -0.497 e. The Kier molecular flexibility index (Phi) is 9.94. The SMILES string of the molecule is CCCNC(=O)[C@@H](C)N(Cc1cccc(C)c1)C(=O)CN(c1cc(OC)ccc1OC)S(C)(=O)=O. The summed E-state index contributed by atoms with van der Waals surface area (Å²) < 4.78 is 37.1. The lowest BCUT2D eigenvalue weighted by atomic mass is 10.1. The molecule has 0 heterocycles. The zero-order valence-corrected chi connectivity index (χ0v) is 22.0. The summed E-state index contributed by atoms with van der Waals surface area (Å²) in [6.45, 7) is 5.62. The van der Waals surface area contributed by atoms with Crippen LogP contribution in [0.25, 0.3) is 0 Å². The third-order valence-corrected chi connectivity index (χ3v) is 6.61. The van der Waals surface area contributed by atoms with E-state index >= 15 is 0 Å². The molecule has 2 rings (SSSR count). The molecule has 192 valence electrons. The van der Waals surface area contributed by atoms with Crippen LogP contribution < -0.4 is 19.1 Å². The molecule has 0 aromatic heterocycles. The van der Waals surface area contributed by atoms with Crippen LogP contribution in [-0.2, 0) is 26.2 Å². The molecule has 0 unspecified atom stereocenters. The number of carbonyl (C=O) groups excluding carboxylic acids is 2. The van der Waals surface area contributed by atoms with E-state index in [2.05, 4.69) is 5.32 Å². The Balaban J connectivity index is 2.47. The number of ether oxygens (including phenoxy) is 2. The van der Waals surface area contributed by atoms with Crippen LogP contribution in [0.5, 0.6) is 11.5 Å². The summed E-state index contributed by atoms with van der Waals surface area (Å²) in [4.78, 5) is 27.8. The third kappa shape index (κ3) is 7.61. The summed E-state index contributed by atoms with van der Waals surface area (Å²) in [6, 6.07) is 11.5. The summed E-state index contributed by atoms with van der Waals surface area (Å²) in [5, 5.41) is 2.81. The van der Waals surface area contributed by atoms with E-state index in [1.165, 1.54) is 25.2 Å². The predicted molar refractivity (Wildman–Crippen MR) is 136 cm³/mol. The van der Waals surface area contributed by atoms with Gasteiger partial charge in [-0.15, -0.1) is 0 Å². The number of anilines is 1. The molecule has 0 fully saturated rings. The van der Waals surface area contributed by atoms with Gasteiger partial charge < -0.3 is 19.7 Å². The number of carbonyl (C=O) groups is 2. The van der Waals surface area contributed by atoms with Crippen LogP contribution in [0.2, 0.25) is 0 Å². The molecule has 2 amide bonds. The first-order valence-electron chi connectivity index (χ1n) is 11.3. The monoisotopic (exact) mass is 505 g/mol. The van der Waals surface area contributed by atoms with Crippen LogP contribution in [0.1, 0.15) is 31.4 Å². The number of benzene rings is 2. The number of hydrogen-bond donors (Lipinski definition) is 1. The van der Waals surface area contributed by atoms with Gasteiger partial charge in [0.1, 0.15) is 24.1 Å². The molecule has 0 saturated heterocycles. The fourth-order valence-electron chi connectivity index (χ4n) is 3.57. The average molecular weight is 506 g/mol. The van der Waals surface area contributed by atoms with Gasteiger partial charge in [0.05, 0.1) is 26.2 Å². The van der Waals surface area contributed by atoms with Crippen molar-refractivity contribution >= 4 is 27.5 Å². The van der Waals surface area contributed by atoms with Crippen molar-refractivity contribution in [3.63, 3.8) is 0 Å². The van der Waals surface area contributed by atoms with E-state index in [4.69, 9.17) is 9.47 Å². The quantitative estimate of drug-likeness (QED) is 0.476. The lowest BCUT2D eigenvalue weighted by Gasteiger charge is -2.32. The topological polar surface area (TPSA) is 105 Å². The molecule has 0 bridgehead atoms. The van der Waals surface area contributed by atoms with Crippen LogP contribution in [0.3, 0.4) is 0 Å². The highest BCUT2D eigenvalue weighted by molar-refractivity contribution is 7.92. The maximum Gasteiger partial charge on any atom is 0.244 e. The van der Waals surface area contributed by atoms with Crippen molar-refractivity contribution in [3.8, 4) is 11.5 Å². The van der Waals surface area contributed by atoms with Gasteiger partial charge in [0, 0.05) is 19.2 Å². The first-order chi connectivity index (χ1) is 16.5. The third-order valence-electron chi connectivity index (χ3n) is 5.49. The lowest BCUT2D eigenvalue weighted by molar-refractivity contribution is -0.139. The van der Waals surface area contributed by atoms with Gasteiger partial charge in [-0.3, -0.25) is 13.9 Å². The van der Waals surface area contributed by atoms with E-state index in [1.807, 2.05) is 38.1 Å². The highest BCUT2D eigenvalue weighted by Crippen LogP contribution is 2.34. The molecule has 35 heavy (non-hydrogen) atoms. The van der Waals surface area contributed by atoms with Gasteiger partial charge in [-0.2, -0.15) is 0 Å². The molecule has 9 nitrogen and oxygen atoms in total. The number of nitrogens with zero attached hydrogens (tertiary/aromatic N) is 2. The molecule has 0 spiro atoms. The number of nitrogens with one attached hydrogen (secondary N) is 1. The number of rotatable bonds is 12. The van der Waals surface area contributed by atoms with Gasteiger partial charge in [0.2, 0.25) is 21.8 Å². The molecule has 1 N–H and O–H groups in total. The van der Waals surface area contributed by atoms with Gasteiger partial charge in [0.15, 0.2) is 0 Å². The van der Waals surface area contributed by atoms with Gasteiger partial charge in [0.25, 0.3) is 0 Å². The first-order valence-corrected chi connectivity index (χ1v) is 13.2. The molecule has 0 aliphatic rings. The predicted octanol–water partition coefficient (Wildman–Crippen LogP) is 2.72. The Morgan fingerprint density at radius 2 is 1.80 bits per heavy atom. The minimum absolute atomic E-state index is 0.147. The van der Waals surface area contributed by atoms with E-state index in [-0.39, 0.29) is 23.9 Å². The first kappa shape index (κ1) is 28.0. The molecular weight excluding hydrogens is 470 g/mol. The zero-order valence-electron chi connectivity index (χ0n) is 21.2. The van der Waals surface area contributed by atoms with Gasteiger partial charge in [-0.25, -0.2) is 8.42 Å². The van der Waals surface area contributed by atoms with Crippen molar-refractivity contribution in [2.45, 2.75) is 39.8 Å². The second-order valence-electron chi connectivity index (χ2n) is 8.29. The van der Waals surface area contributed by atoms with Crippen LogP contribution in [0.4, 0.5) is 5.69 Å². The molecule has 1 atom stereocenters. The van der Waals surface area contributed by atoms with Gasteiger partial charge >= 0.3 is 0 Å². The molecule has 0 saturated carbocycles. The number of methoxy groups -OCH3 is 2. The van der Waals surface area contributed by atoms with Gasteiger partial charge in [-0.05, 0) is 38.0 Å². The molecule has 10 heteroatoms. The number of sulfonamides is 1. The van der Waals surface area contributed by atoms with E-state index in [9.17, 15) is 18.0 Å². The molecule has 2 aromatic rings. The smallest absolute Gasteiger partial charge is 0.244 e. The number of hydrogen-bond acceptors (Lipinski definition) is 6. The zero-order chi connectivity index (χ0) is 26.2. The minimum atomic E-state index is -3.89. The highest BCUT2D eigenvalue weighted by atomic mass is 32.2. The van der Waals surface area contributed by atoms with E-state index < -0.39 is 28.5 Å². The van der Waals surface area contributed by atoms with E-state index in [0.717, 1.165) is 28.1 Å². The summed E-state index contributed by atoms with van der Waals surface area (Å²) in [5.74, 6) is -0.160. The average Bonchev–Trinajstić information content (AvgIpc) is 2.82. The van der Waals surface area contributed by atoms with Crippen molar-refractivity contribution < 1.29 is 27.5 Å². The van der Waals surface area contributed by atoms with Crippen LogP contribution in [0, 0.1) is 6.92 Å². The summed E-state index contributed by atoms with van der Waals surface area (Å²) in [6.07, 6.45) is 1.77. The van der Waals surface area contributed by atoms with Crippen molar-refractivity contribution in [1.29, 1.82) is 0 Å². The molecule has 2 aromatic carbocycles. The molecular formula is C25H35N3O6S. The summed E-state index contributed by atoms with van der Waals surface area (Å²) >= 11 is 0. The Morgan fingerprint density at radius 3 is 2.37 bits per heavy atom. The Labute approximate surface area is 208 Å². The molecule has 0 radical (unpaired) electrons. The normalized spacial score (nSPS) is 11.9. The van der Waals surface area contributed by atoms with Crippen LogP contribution >= 0.6 is 0 Å². The number of amides is 2. The maximum atomic E-state index is 13.6. The Hall–Kier alpha value is -3.27. The largest absolute Gasteiger partial charge is 0.497 e. The summed E-state index contributed by atoms with van der Waals surface area (Å²) in [7, 11) is -1.02. The highest BCUT2D eigenvalue weighted by Gasteiger charge is 2.31. The van der Waals surface area contributed by atoms with Crippen LogP contribution in [0.15, 0.2) is 42.5 Å². The van der Waals surface area contributed by atoms with Crippen LogP contribution in [-0.4, -0.2) is 64.7 Å². The van der Waals surface area contributed by atoms with E-state index in [0.29, 0.717) is 12.3 Å². The van der Waals surface area contributed by atoms with Crippen molar-refractivity contribution in [3.05, 3.63) is 53.6 Å². The van der Waals surface area contributed by atoms with Gasteiger partial charge in [-0.1, -0.05) is 36.8 Å². The molecule has 0 aliphatic heterocycles. The maximum absolute atomic E-state index is 13.6. The second-order valence-corrected chi connectivity index (χ2v) is 10.2. The molecule has 0 aliphatic carbocycles. The van der Waals surface area contributed by atoms with E-state index in [1.54, 1.807) is 19.1 Å².